The molecule has 448 valence electrons. The van der Waals surface area contributed by atoms with E-state index in [2.05, 4.69) is 20.6 Å². The fourth-order valence-corrected chi connectivity index (χ4v) is 11.3. The maximum Gasteiger partial charge on any atom is 0.346 e. The van der Waals surface area contributed by atoms with Gasteiger partial charge in [-0.3, -0.25) is 0 Å². The van der Waals surface area contributed by atoms with Crippen LogP contribution in [0.5, 0.6) is 11.8 Å². The van der Waals surface area contributed by atoms with Crippen LogP contribution in [-0.2, 0) is 40.3 Å². The number of halogens is 6. The molecule has 0 spiro atoms. The molecule has 89 heavy (non-hydrogen) atoms. The lowest BCUT2D eigenvalue weighted by atomic mass is 10.0. The van der Waals surface area contributed by atoms with Crippen LogP contribution in [0.4, 0.5) is 26.3 Å². The van der Waals surface area contributed by atoms with Gasteiger partial charge in [-0.2, -0.15) is 10.5 Å². The summed E-state index contributed by atoms with van der Waals surface area (Å²) in [6.45, 7) is 1.20. The first kappa shape index (κ1) is 59.1. The number of hydrogen-bond acceptors (Lipinski definition) is 15. The molecule has 12 rings (SSSR count). The van der Waals surface area contributed by atoms with Crippen molar-refractivity contribution in [2.45, 2.75) is 50.3 Å². The molecule has 2 N–H and O–H groups in total. The van der Waals surface area contributed by atoms with Crippen molar-refractivity contribution in [2.24, 2.45) is 0 Å². The van der Waals surface area contributed by atoms with E-state index in [0.29, 0.717) is 59.9 Å². The number of hydrogen-bond donors (Lipinski definition) is 2. The summed E-state index contributed by atoms with van der Waals surface area (Å²) in [4.78, 5) is 46.5. The molecule has 4 aromatic heterocycles. The van der Waals surface area contributed by atoms with Gasteiger partial charge in [0.25, 0.3) is 0 Å². The van der Waals surface area contributed by atoms with Gasteiger partial charge in [0, 0.05) is 87.6 Å². The molecule has 4 atom stereocenters. The highest BCUT2D eigenvalue weighted by Gasteiger charge is 2.35. The summed E-state index contributed by atoms with van der Waals surface area (Å²) in [7, 11) is 3.09. The quantitative estimate of drug-likeness (QED) is 0.0464. The summed E-state index contributed by atoms with van der Waals surface area (Å²) >= 11 is 0. The highest BCUT2D eigenvalue weighted by Crippen LogP contribution is 2.35. The predicted octanol–water partition coefficient (Wildman–Crippen LogP) is 10.7. The third-order valence-corrected chi connectivity index (χ3v) is 15.8. The van der Waals surface area contributed by atoms with Gasteiger partial charge < -0.3 is 43.5 Å². The van der Waals surface area contributed by atoms with E-state index >= 15 is 17.6 Å². The molecule has 23 heteroatoms. The monoisotopic (exact) mass is 1210 g/mol. The number of aromatic nitrogens is 6. The third-order valence-electron chi connectivity index (χ3n) is 15.8. The summed E-state index contributed by atoms with van der Waals surface area (Å²) in [5.74, 6) is -5.74. The van der Waals surface area contributed by atoms with Gasteiger partial charge >= 0.3 is 11.9 Å². The molecule has 6 aromatic carbocycles. The number of esters is 2. The van der Waals surface area contributed by atoms with Gasteiger partial charge in [-0.1, -0.05) is 24.3 Å². The number of nitrogens with one attached hydrogen (secondary N) is 2. The van der Waals surface area contributed by atoms with Crippen LogP contribution in [0.15, 0.2) is 133 Å². The summed E-state index contributed by atoms with van der Waals surface area (Å²) in [6.07, 6.45) is -1.20. The van der Waals surface area contributed by atoms with E-state index in [4.69, 9.17) is 44.2 Å². The van der Waals surface area contributed by atoms with Crippen LogP contribution < -0.4 is 20.1 Å². The average molecular weight is 1210 g/mol. The predicted molar refractivity (Wildman–Crippen MR) is 310 cm³/mol. The van der Waals surface area contributed by atoms with E-state index in [1.165, 1.54) is 84.9 Å². The minimum atomic E-state index is -1.00. The number of rotatable bonds is 18. The number of nitriles is 2. The minimum absolute atomic E-state index is 0.0235. The van der Waals surface area contributed by atoms with Crippen LogP contribution in [0, 0.1) is 57.6 Å². The molecule has 0 aliphatic carbocycles. The zero-order valence-corrected chi connectivity index (χ0v) is 47.4. The molecule has 2 aliphatic heterocycles. The Hall–Kier alpha value is -10.3. The Bertz CT molecular complexity index is 4240. The first-order valence-corrected chi connectivity index (χ1v) is 28.0. The number of pyridine rings is 2. The lowest BCUT2D eigenvalue weighted by Crippen LogP contribution is -2.26. The Balaban J connectivity index is 0.784. The molecule has 0 bridgehead atoms. The minimum Gasteiger partial charge on any atom is -0.473 e. The second-order valence-corrected chi connectivity index (χ2v) is 21.2. The van der Waals surface area contributed by atoms with Crippen molar-refractivity contribution < 1.29 is 59.6 Å². The van der Waals surface area contributed by atoms with E-state index in [0.717, 1.165) is 36.4 Å². The molecule has 2 saturated heterocycles. The maximum absolute atomic E-state index is 16.3. The normalized spacial score (nSPS) is 16.4. The van der Waals surface area contributed by atoms with Crippen LogP contribution in [0.1, 0.15) is 77.8 Å². The zero-order chi connectivity index (χ0) is 62.0. The number of carbonyl (C=O) groups excluding carboxylic acids is 2. The van der Waals surface area contributed by atoms with Gasteiger partial charge in [0.15, 0.2) is 0 Å². The van der Waals surface area contributed by atoms with Crippen molar-refractivity contribution >= 4 is 34.0 Å². The van der Waals surface area contributed by atoms with Gasteiger partial charge in [-0.25, -0.2) is 55.9 Å². The van der Waals surface area contributed by atoms with Crippen LogP contribution in [0.2, 0.25) is 0 Å². The molecule has 0 radical (unpaired) electrons. The molecule has 2 fully saturated rings. The SMILES string of the molecule is CO[C@H]1CNC[C@@H]1n1c(Cc2cc(F)c(-c3cccc(OCc4ccc(C#N)cc4F)n3)cc2F)nc2ccc(C(=O)OC(=O)c3ccc4nc(Cc5cc(F)c(-c6cccc(OCc7ccc(C#N)cc7F)n6)cc5F)n([C@H]5CNC[C@@H]5OC)c4c3)cc21. The lowest BCUT2D eigenvalue weighted by Gasteiger charge is -2.22. The Morgan fingerprint density at radius 1 is 0.506 bits per heavy atom. The Kier molecular flexibility index (Phi) is 16.7. The topological polar surface area (TPSA) is 213 Å². The summed E-state index contributed by atoms with van der Waals surface area (Å²) in [5, 5.41) is 24.7. The zero-order valence-electron chi connectivity index (χ0n) is 47.4. The van der Waals surface area contributed by atoms with Crippen molar-refractivity contribution in [3.8, 4) is 46.4 Å². The Labute approximate surface area is 503 Å². The first-order chi connectivity index (χ1) is 43.2. The van der Waals surface area contributed by atoms with Gasteiger partial charge in [0.1, 0.15) is 59.8 Å². The number of nitrogens with zero attached hydrogens (tertiary/aromatic N) is 8. The van der Waals surface area contributed by atoms with Gasteiger partial charge in [-0.05, 0) is 108 Å². The third kappa shape index (κ3) is 12.1. The number of imidazole rings is 2. The summed E-state index contributed by atoms with van der Waals surface area (Å²) in [6, 6.07) is 32.9. The van der Waals surface area contributed by atoms with E-state index in [9.17, 15) is 18.4 Å². The standard InChI is InChI=1S/C66H50F6N10O7/c1-85-59-31-75-29-57(59)81-55-21-37(13-15-53(55)77-61(81)23-41-19-49(71)43(25-47(41)69)51-5-3-7-63(79-51)87-33-39-11-9-35(27-73)17-45(39)67)65(83)89-66(84)38-14-16-54-56(22-38)82(58-30-76-32-60(58)86-2)62(78-54)24-42-20-50(72)44(26-48(42)70)52-6-4-8-64(80-52)88-34-40-12-10-36(28-74)18-46(40)68/h3-22,25-26,57-60,75-76H,23-24,29-34H2,1-2H3/t57-,58-,59-,60-/m0/s1. The Morgan fingerprint density at radius 3 is 1.34 bits per heavy atom. The van der Waals surface area contributed by atoms with Crippen LogP contribution >= 0.6 is 0 Å². The molecular formula is C66H50F6N10O7. The number of carbonyl (C=O) groups is 2. The van der Waals surface area contributed by atoms with E-state index in [-0.39, 0.29) is 105 Å². The fraction of sp³-hybridized carbons (Fsp3) is 0.212. The molecule has 6 heterocycles. The molecule has 17 nitrogen and oxygen atoms in total. The molecule has 0 saturated carbocycles. The largest absolute Gasteiger partial charge is 0.473 e. The second kappa shape index (κ2) is 25.2. The van der Waals surface area contributed by atoms with Crippen molar-refractivity contribution in [2.75, 3.05) is 40.4 Å². The fourth-order valence-electron chi connectivity index (χ4n) is 11.3. The van der Waals surface area contributed by atoms with Gasteiger partial charge in [0.05, 0.1) is 92.1 Å². The first-order valence-electron chi connectivity index (χ1n) is 28.0. The second-order valence-electron chi connectivity index (χ2n) is 21.2. The van der Waals surface area contributed by atoms with Crippen molar-refractivity contribution in [1.82, 2.24) is 39.7 Å². The lowest BCUT2D eigenvalue weighted by molar-refractivity contribution is 0.0397. The van der Waals surface area contributed by atoms with E-state index in [1.54, 1.807) is 35.5 Å². The summed E-state index contributed by atoms with van der Waals surface area (Å²) in [5.41, 5.74) is 1.91. The highest BCUT2D eigenvalue weighted by molar-refractivity contribution is 6.05. The van der Waals surface area contributed by atoms with Crippen molar-refractivity contribution in [3.05, 3.63) is 225 Å². The van der Waals surface area contributed by atoms with Crippen molar-refractivity contribution in [3.63, 3.8) is 0 Å². The average Bonchev–Trinajstić information content (AvgIpc) is 2.11. The highest BCUT2D eigenvalue weighted by atomic mass is 19.1. The molecule has 0 unspecified atom stereocenters. The van der Waals surface area contributed by atoms with Crippen LogP contribution in [0.25, 0.3) is 44.6 Å². The van der Waals surface area contributed by atoms with Gasteiger partial charge in [0.2, 0.25) is 11.8 Å². The number of fused-ring (bicyclic) bond motifs is 2. The smallest absolute Gasteiger partial charge is 0.346 e. The van der Waals surface area contributed by atoms with Crippen LogP contribution in [-0.4, -0.2) is 93.6 Å². The van der Waals surface area contributed by atoms with E-state index in [1.807, 2.05) is 12.1 Å². The van der Waals surface area contributed by atoms with Crippen LogP contribution in [0.3, 0.4) is 0 Å². The molecule has 2 aliphatic rings. The molecule has 10 aromatic rings. The Morgan fingerprint density at radius 2 is 0.933 bits per heavy atom. The number of benzene rings is 6. The van der Waals surface area contributed by atoms with Gasteiger partial charge in [-0.15, -0.1) is 0 Å². The maximum atomic E-state index is 16.3. The summed E-state index contributed by atoms with van der Waals surface area (Å²) < 4.78 is 126. The number of methoxy groups -OCH3 is 2. The van der Waals surface area contributed by atoms with Crippen molar-refractivity contribution in [1.29, 1.82) is 10.5 Å². The van der Waals surface area contributed by atoms with E-state index < -0.39 is 71.1 Å². The number of ether oxygens (including phenoxy) is 5. The molecular weight excluding hydrogens is 1160 g/mol. The molecule has 0 amide bonds.